The fraction of sp³-hybridized carbons (Fsp3) is 0.609. The number of likely N-dealkylation sites (N-methyl/N-ethyl adjacent to an activating group) is 1. The van der Waals surface area contributed by atoms with Gasteiger partial charge in [-0.15, -0.1) is 24.0 Å². The molecule has 2 aromatic rings. The second kappa shape index (κ2) is 12.5. The Hall–Kier alpha value is -1.32. The van der Waals surface area contributed by atoms with Gasteiger partial charge in [-0.1, -0.05) is 32.0 Å². The Morgan fingerprint density at radius 3 is 2.50 bits per heavy atom. The van der Waals surface area contributed by atoms with Crippen LogP contribution < -0.4 is 10.6 Å². The third-order valence-corrected chi connectivity index (χ3v) is 6.03. The average molecular weight is 527 g/mol. The summed E-state index contributed by atoms with van der Waals surface area (Å²) in [6.45, 7) is 12.1. The fourth-order valence-corrected chi connectivity index (χ4v) is 4.15. The monoisotopic (exact) mass is 526 g/mol. The number of nitrogens with zero attached hydrogens (tertiary/aromatic N) is 4. The molecule has 6 nitrogen and oxygen atoms in total. The molecule has 1 atom stereocenters. The van der Waals surface area contributed by atoms with Crippen molar-refractivity contribution in [2.45, 2.75) is 32.9 Å². The summed E-state index contributed by atoms with van der Waals surface area (Å²) in [5.41, 5.74) is 1.31. The second-order valence-electron chi connectivity index (χ2n) is 8.45. The normalized spacial score (nSPS) is 17.2. The van der Waals surface area contributed by atoms with Crippen LogP contribution in [0.5, 0.6) is 0 Å². The Labute approximate surface area is 199 Å². The third-order valence-electron chi connectivity index (χ3n) is 6.03. The maximum Gasteiger partial charge on any atom is 0.191 e. The second-order valence-corrected chi connectivity index (χ2v) is 8.45. The largest absolute Gasteiger partial charge is 0.356 e. The molecule has 3 rings (SSSR count). The summed E-state index contributed by atoms with van der Waals surface area (Å²) in [7, 11) is 4.07. The van der Waals surface area contributed by atoms with Crippen LogP contribution in [0.4, 0.5) is 0 Å². The quantitative estimate of drug-likeness (QED) is 0.240. The van der Waals surface area contributed by atoms with Crippen molar-refractivity contribution in [1.82, 2.24) is 25.0 Å². The van der Waals surface area contributed by atoms with Gasteiger partial charge in [-0.05, 0) is 36.9 Å². The number of nitrogens with one attached hydrogen (secondary N) is 2. The van der Waals surface area contributed by atoms with Gasteiger partial charge in [-0.2, -0.15) is 0 Å². The Morgan fingerprint density at radius 2 is 1.80 bits per heavy atom. The lowest BCUT2D eigenvalue weighted by atomic mass is 10.0. The first kappa shape index (κ1) is 24.9. The van der Waals surface area contributed by atoms with E-state index in [0.29, 0.717) is 12.0 Å². The molecule has 2 heterocycles. The number of aryl methyl sites for hydroxylation is 1. The summed E-state index contributed by atoms with van der Waals surface area (Å²) in [5.74, 6) is 1.52. The standard InChI is InChI=1S/C23H38N6.HI/c1-19(2)22(29-16-14-27(4)15-17-29)18-26-23(24-3)25-11-7-12-28-13-10-20-8-5-6-9-21(20)28;/h5-6,8-10,13,19,22H,7,11-12,14-18H2,1-4H3,(H2,24,25,26);1H. The van der Waals surface area contributed by atoms with Crippen LogP contribution in [-0.2, 0) is 6.54 Å². The molecule has 0 spiro atoms. The zero-order valence-electron chi connectivity index (χ0n) is 19.0. The smallest absolute Gasteiger partial charge is 0.191 e. The van der Waals surface area contributed by atoms with Gasteiger partial charge in [0.15, 0.2) is 5.96 Å². The van der Waals surface area contributed by atoms with Gasteiger partial charge in [0, 0.05) is 70.6 Å². The van der Waals surface area contributed by atoms with Crippen LogP contribution in [0.15, 0.2) is 41.5 Å². The van der Waals surface area contributed by atoms with E-state index in [0.717, 1.165) is 58.2 Å². The van der Waals surface area contributed by atoms with Crippen LogP contribution in [-0.4, -0.2) is 79.7 Å². The van der Waals surface area contributed by atoms with Crippen molar-refractivity contribution in [3.63, 3.8) is 0 Å². The number of aliphatic imine (C=N–C) groups is 1. The molecule has 1 fully saturated rings. The Kier molecular flexibility index (Phi) is 10.4. The molecule has 1 saturated heterocycles. The van der Waals surface area contributed by atoms with E-state index in [-0.39, 0.29) is 24.0 Å². The van der Waals surface area contributed by atoms with Crippen LogP contribution >= 0.6 is 24.0 Å². The maximum absolute atomic E-state index is 4.42. The third kappa shape index (κ3) is 6.85. The zero-order chi connectivity index (χ0) is 20.6. The molecule has 1 unspecified atom stereocenters. The van der Waals surface area contributed by atoms with Crippen LogP contribution in [0, 0.1) is 5.92 Å². The minimum absolute atomic E-state index is 0. The first-order valence-electron chi connectivity index (χ1n) is 11.0. The summed E-state index contributed by atoms with van der Waals surface area (Å²) in [4.78, 5) is 9.46. The van der Waals surface area contributed by atoms with E-state index in [1.165, 1.54) is 10.9 Å². The van der Waals surface area contributed by atoms with Crippen LogP contribution in [0.3, 0.4) is 0 Å². The van der Waals surface area contributed by atoms with Crippen molar-refractivity contribution in [3.05, 3.63) is 36.5 Å². The van der Waals surface area contributed by atoms with E-state index in [2.05, 4.69) is 87.4 Å². The van der Waals surface area contributed by atoms with E-state index >= 15 is 0 Å². The predicted molar refractivity (Wildman–Crippen MR) is 139 cm³/mol. The lowest BCUT2D eigenvalue weighted by Crippen LogP contribution is -2.55. The summed E-state index contributed by atoms with van der Waals surface area (Å²) >= 11 is 0. The Morgan fingerprint density at radius 1 is 1.07 bits per heavy atom. The summed E-state index contributed by atoms with van der Waals surface area (Å²) in [6, 6.07) is 11.3. The SMILES string of the molecule is CN=C(NCCCn1ccc2ccccc21)NCC(C(C)C)N1CCN(C)CC1.I. The number of halogens is 1. The van der Waals surface area contributed by atoms with Crippen molar-refractivity contribution in [3.8, 4) is 0 Å². The molecule has 1 aromatic heterocycles. The highest BCUT2D eigenvalue weighted by Crippen LogP contribution is 2.15. The van der Waals surface area contributed by atoms with Crippen molar-refractivity contribution in [2.75, 3.05) is 53.4 Å². The molecule has 0 radical (unpaired) electrons. The number of aromatic nitrogens is 1. The van der Waals surface area contributed by atoms with Gasteiger partial charge in [0.1, 0.15) is 0 Å². The van der Waals surface area contributed by atoms with Crippen LogP contribution in [0.1, 0.15) is 20.3 Å². The lowest BCUT2D eigenvalue weighted by molar-refractivity contribution is 0.0900. The molecule has 0 saturated carbocycles. The number of benzene rings is 1. The molecule has 7 heteroatoms. The molecule has 1 aliphatic heterocycles. The van der Waals surface area contributed by atoms with Gasteiger partial charge in [-0.3, -0.25) is 9.89 Å². The van der Waals surface area contributed by atoms with E-state index < -0.39 is 0 Å². The molecule has 1 aliphatic rings. The van der Waals surface area contributed by atoms with Gasteiger partial charge in [0.2, 0.25) is 0 Å². The molecule has 0 aliphatic carbocycles. The van der Waals surface area contributed by atoms with Crippen LogP contribution in [0.25, 0.3) is 10.9 Å². The number of hydrogen-bond donors (Lipinski definition) is 2. The molecule has 2 N–H and O–H groups in total. The zero-order valence-corrected chi connectivity index (χ0v) is 21.3. The fourth-order valence-electron chi connectivity index (χ4n) is 4.15. The molecular weight excluding hydrogens is 487 g/mol. The lowest BCUT2D eigenvalue weighted by Gasteiger charge is -2.40. The van der Waals surface area contributed by atoms with Crippen molar-refractivity contribution in [2.24, 2.45) is 10.9 Å². The van der Waals surface area contributed by atoms with E-state index in [4.69, 9.17) is 0 Å². The summed E-state index contributed by atoms with van der Waals surface area (Å²) < 4.78 is 2.33. The summed E-state index contributed by atoms with van der Waals surface area (Å²) in [6.07, 6.45) is 3.24. The van der Waals surface area contributed by atoms with Gasteiger partial charge in [0.05, 0.1) is 0 Å². The Balaban J connectivity index is 0.00000320. The van der Waals surface area contributed by atoms with Gasteiger partial charge >= 0.3 is 0 Å². The number of guanidine groups is 1. The predicted octanol–water partition coefficient (Wildman–Crippen LogP) is 3.09. The summed E-state index contributed by atoms with van der Waals surface area (Å²) in [5, 5.41) is 8.35. The maximum atomic E-state index is 4.42. The van der Waals surface area contributed by atoms with E-state index in [9.17, 15) is 0 Å². The molecule has 168 valence electrons. The first-order chi connectivity index (χ1) is 14.1. The van der Waals surface area contributed by atoms with Crippen molar-refractivity contribution in [1.29, 1.82) is 0 Å². The van der Waals surface area contributed by atoms with E-state index in [1.54, 1.807) is 0 Å². The molecule has 1 aromatic carbocycles. The van der Waals surface area contributed by atoms with Gasteiger partial charge < -0.3 is 20.1 Å². The van der Waals surface area contributed by atoms with Gasteiger partial charge in [-0.25, -0.2) is 0 Å². The van der Waals surface area contributed by atoms with Crippen molar-refractivity contribution < 1.29 is 0 Å². The molecular formula is C23H39IN6. The minimum atomic E-state index is 0. The highest BCUT2D eigenvalue weighted by Gasteiger charge is 2.24. The van der Waals surface area contributed by atoms with Crippen LogP contribution in [0.2, 0.25) is 0 Å². The average Bonchev–Trinajstić information content (AvgIpc) is 3.14. The Bertz CT molecular complexity index is 779. The number of hydrogen-bond acceptors (Lipinski definition) is 3. The minimum Gasteiger partial charge on any atom is -0.356 e. The number of fused-ring (bicyclic) bond motifs is 1. The highest BCUT2D eigenvalue weighted by atomic mass is 127. The van der Waals surface area contributed by atoms with E-state index in [1.807, 2.05) is 7.05 Å². The number of piperazine rings is 1. The van der Waals surface area contributed by atoms with Crippen molar-refractivity contribution >= 4 is 40.8 Å². The first-order valence-corrected chi connectivity index (χ1v) is 11.0. The van der Waals surface area contributed by atoms with Gasteiger partial charge in [0.25, 0.3) is 0 Å². The molecule has 30 heavy (non-hydrogen) atoms. The number of para-hydroxylation sites is 1. The molecule has 0 bridgehead atoms. The molecule has 0 amide bonds. The topological polar surface area (TPSA) is 47.8 Å². The highest BCUT2D eigenvalue weighted by molar-refractivity contribution is 14.0. The number of rotatable bonds is 8.